The molecule has 5 aromatic carbocycles. The van der Waals surface area contributed by atoms with Gasteiger partial charge in [-0.1, -0.05) is 64.1 Å². The summed E-state index contributed by atoms with van der Waals surface area (Å²) in [5.41, 5.74) is 0.192. The van der Waals surface area contributed by atoms with Crippen molar-refractivity contribution in [2.45, 2.75) is 27.7 Å². The first-order valence-electron chi connectivity index (χ1n) is 12.0. The molecule has 5 rings (SSSR count). The molecule has 36 heavy (non-hydrogen) atoms. The minimum Gasteiger partial charge on any atom is -0.462 e. The molecule has 5 aromatic rings. The van der Waals surface area contributed by atoms with Crippen LogP contribution in [0.5, 0.6) is 0 Å². The number of fused-ring (bicyclic) bond motifs is 2. The largest absolute Gasteiger partial charge is 0.462 e. The maximum absolute atomic E-state index is 15.8. The molecule has 0 heterocycles. The van der Waals surface area contributed by atoms with Crippen molar-refractivity contribution in [3.8, 4) is 0 Å². The minimum atomic E-state index is -0.626. The van der Waals surface area contributed by atoms with Crippen molar-refractivity contribution in [1.29, 1.82) is 0 Å². The van der Waals surface area contributed by atoms with Gasteiger partial charge in [-0.3, -0.25) is 0 Å². The van der Waals surface area contributed by atoms with E-state index in [1.165, 1.54) is 12.1 Å². The summed E-state index contributed by atoms with van der Waals surface area (Å²) < 4.78 is 42.3. The molecule has 0 atom stereocenters. The lowest BCUT2D eigenvalue weighted by Gasteiger charge is -2.18. The summed E-state index contributed by atoms with van der Waals surface area (Å²) in [6, 6.07) is 12.6. The molecule has 6 heteroatoms. The van der Waals surface area contributed by atoms with Gasteiger partial charge in [0.05, 0.1) is 24.3 Å². The van der Waals surface area contributed by atoms with E-state index in [2.05, 4.69) is 0 Å². The average Bonchev–Trinajstić information content (AvgIpc) is 2.85. The highest BCUT2D eigenvalue weighted by molar-refractivity contribution is 6.35. The maximum atomic E-state index is 15.8. The van der Waals surface area contributed by atoms with E-state index >= 15 is 8.78 Å². The molecule has 0 bridgehead atoms. The van der Waals surface area contributed by atoms with Crippen LogP contribution in [0.1, 0.15) is 48.4 Å². The highest BCUT2D eigenvalue weighted by Gasteiger charge is 2.25. The van der Waals surface area contributed by atoms with E-state index in [-0.39, 0.29) is 46.9 Å². The van der Waals surface area contributed by atoms with Crippen LogP contribution in [0.4, 0.5) is 8.78 Å². The van der Waals surface area contributed by atoms with Crippen molar-refractivity contribution >= 4 is 55.0 Å². The summed E-state index contributed by atoms with van der Waals surface area (Å²) in [4.78, 5) is 25.7. The van der Waals surface area contributed by atoms with Gasteiger partial charge in [0.2, 0.25) is 0 Å². The van der Waals surface area contributed by atoms with Crippen molar-refractivity contribution in [2.75, 3.05) is 13.2 Å². The smallest absolute Gasteiger partial charge is 0.338 e. The summed E-state index contributed by atoms with van der Waals surface area (Å²) >= 11 is 0. The fourth-order valence-corrected chi connectivity index (χ4v) is 4.81. The molecular weight excluding hydrogens is 462 g/mol. The predicted octanol–water partition coefficient (Wildman–Crippen LogP) is 7.64. The van der Waals surface area contributed by atoms with Crippen molar-refractivity contribution in [3.63, 3.8) is 0 Å². The third-order valence-electron chi connectivity index (χ3n) is 6.30. The molecule has 0 radical (unpaired) electrons. The quantitative estimate of drug-likeness (QED) is 0.140. The zero-order chi connectivity index (χ0) is 25.7. The Kier molecular flexibility index (Phi) is 5.99. The van der Waals surface area contributed by atoms with Gasteiger partial charge in [0, 0.05) is 21.5 Å². The maximum Gasteiger partial charge on any atom is 0.338 e. The first kappa shape index (κ1) is 23.9. The number of esters is 2. The molecule has 0 N–H and O–H groups in total. The lowest BCUT2D eigenvalue weighted by Crippen LogP contribution is -2.12. The van der Waals surface area contributed by atoms with Crippen molar-refractivity contribution in [3.05, 3.63) is 71.3 Å². The van der Waals surface area contributed by atoms with Gasteiger partial charge in [-0.25, -0.2) is 18.4 Å². The van der Waals surface area contributed by atoms with E-state index in [1.54, 1.807) is 36.4 Å². The van der Waals surface area contributed by atoms with Crippen LogP contribution in [0.2, 0.25) is 0 Å². The third kappa shape index (κ3) is 3.81. The van der Waals surface area contributed by atoms with Gasteiger partial charge in [-0.05, 0) is 45.5 Å². The van der Waals surface area contributed by atoms with E-state index in [1.807, 2.05) is 27.7 Å². The van der Waals surface area contributed by atoms with Gasteiger partial charge in [-0.2, -0.15) is 0 Å². The number of benzene rings is 5. The summed E-state index contributed by atoms with van der Waals surface area (Å²) in [6.45, 7) is 8.07. The second-order valence-corrected chi connectivity index (χ2v) is 10.0. The molecular formula is C30H26F2O4. The minimum absolute atomic E-state index is 0.0960. The number of carbonyl (C=O) groups excluding carboxylic acids is 2. The van der Waals surface area contributed by atoms with Crippen LogP contribution in [-0.2, 0) is 9.47 Å². The number of hydrogen-bond acceptors (Lipinski definition) is 4. The van der Waals surface area contributed by atoms with Crippen molar-refractivity contribution in [1.82, 2.24) is 0 Å². The van der Waals surface area contributed by atoms with Gasteiger partial charge < -0.3 is 9.47 Å². The van der Waals surface area contributed by atoms with Crippen LogP contribution in [0.3, 0.4) is 0 Å². The molecule has 0 amide bonds. The molecule has 4 nitrogen and oxygen atoms in total. The Bertz CT molecular complexity index is 1530. The van der Waals surface area contributed by atoms with Crippen LogP contribution in [0.25, 0.3) is 43.1 Å². The summed E-state index contributed by atoms with van der Waals surface area (Å²) in [7, 11) is 0. The average molecular weight is 489 g/mol. The zero-order valence-corrected chi connectivity index (χ0v) is 20.6. The second kappa shape index (κ2) is 9.01. The van der Waals surface area contributed by atoms with Crippen molar-refractivity contribution in [2.24, 2.45) is 11.8 Å². The van der Waals surface area contributed by atoms with Gasteiger partial charge in [0.15, 0.2) is 0 Å². The highest BCUT2D eigenvalue weighted by Crippen LogP contribution is 2.44. The summed E-state index contributed by atoms with van der Waals surface area (Å²) in [5, 5.41) is 3.33. The number of hydrogen-bond donors (Lipinski definition) is 0. The Labute approximate surface area is 207 Å². The number of carbonyl (C=O) groups is 2. The topological polar surface area (TPSA) is 52.6 Å². The monoisotopic (exact) mass is 488 g/mol. The predicted molar refractivity (Wildman–Crippen MR) is 138 cm³/mol. The van der Waals surface area contributed by atoms with Gasteiger partial charge in [0.1, 0.15) is 11.6 Å². The highest BCUT2D eigenvalue weighted by atomic mass is 19.1. The molecule has 0 aliphatic rings. The lowest BCUT2D eigenvalue weighted by atomic mass is 9.86. The Balaban J connectivity index is 1.85. The molecule has 0 saturated carbocycles. The SMILES string of the molecule is CC(C)COC(=O)c1cc(F)c2c3cccc4c(C(=O)OCC(C)C)cc(F)c(c5cccc1c52)c43. The Morgan fingerprint density at radius 1 is 0.639 bits per heavy atom. The molecule has 0 aliphatic heterocycles. The number of rotatable bonds is 6. The lowest BCUT2D eigenvalue weighted by molar-refractivity contribution is 0.0452. The molecule has 184 valence electrons. The Morgan fingerprint density at radius 2 is 1.00 bits per heavy atom. The first-order valence-corrected chi connectivity index (χ1v) is 12.0. The molecule has 0 unspecified atom stereocenters. The molecule has 0 saturated heterocycles. The van der Waals surface area contributed by atoms with Crippen LogP contribution < -0.4 is 0 Å². The van der Waals surface area contributed by atoms with E-state index in [0.717, 1.165) is 0 Å². The molecule has 0 aromatic heterocycles. The van der Waals surface area contributed by atoms with E-state index in [4.69, 9.17) is 9.47 Å². The number of halogens is 2. The molecule has 0 aliphatic carbocycles. The molecule has 0 fully saturated rings. The van der Waals surface area contributed by atoms with Gasteiger partial charge >= 0.3 is 11.9 Å². The van der Waals surface area contributed by atoms with Crippen LogP contribution in [0.15, 0.2) is 48.5 Å². The first-order chi connectivity index (χ1) is 17.2. The summed E-state index contributed by atoms with van der Waals surface area (Å²) in [6.07, 6.45) is 0. The van der Waals surface area contributed by atoms with E-state index < -0.39 is 23.6 Å². The number of ether oxygens (including phenoxy) is 2. The zero-order valence-electron chi connectivity index (χ0n) is 20.6. The Morgan fingerprint density at radius 3 is 1.36 bits per heavy atom. The normalized spacial score (nSPS) is 12.0. The van der Waals surface area contributed by atoms with Gasteiger partial charge in [0.25, 0.3) is 0 Å². The fraction of sp³-hybridized carbons (Fsp3) is 0.267. The standard InChI is InChI=1S/C30H26F2O4/c1-15(2)13-35-29(33)21-11-23(31)27-20-10-6-8-18-22(30(34)36-14-16(3)4)12-24(32)28(26(18)20)19-9-5-7-17(21)25(19)27/h5-12,15-16H,13-14H2,1-4H3. The third-order valence-corrected chi connectivity index (χ3v) is 6.30. The molecule has 0 spiro atoms. The van der Waals surface area contributed by atoms with E-state index in [9.17, 15) is 9.59 Å². The van der Waals surface area contributed by atoms with Crippen molar-refractivity contribution < 1.29 is 27.8 Å². The fourth-order valence-electron chi connectivity index (χ4n) is 4.81. The van der Waals surface area contributed by atoms with Gasteiger partial charge in [-0.15, -0.1) is 0 Å². The Hall–Kier alpha value is -3.80. The second-order valence-electron chi connectivity index (χ2n) is 10.0. The van der Waals surface area contributed by atoms with Crippen LogP contribution in [-0.4, -0.2) is 25.2 Å². The summed E-state index contributed by atoms with van der Waals surface area (Å²) in [5.74, 6) is -2.23. The van der Waals surface area contributed by atoms with Crippen LogP contribution in [0, 0.1) is 23.5 Å². The van der Waals surface area contributed by atoms with E-state index in [0.29, 0.717) is 32.3 Å². The van der Waals surface area contributed by atoms with Crippen LogP contribution >= 0.6 is 0 Å².